The van der Waals surface area contributed by atoms with Crippen LogP contribution in [-0.4, -0.2) is 73.1 Å². The van der Waals surface area contributed by atoms with Gasteiger partial charge in [0.15, 0.2) is 0 Å². The van der Waals surface area contributed by atoms with E-state index in [0.717, 1.165) is 29.7 Å². The van der Waals surface area contributed by atoms with E-state index in [-0.39, 0.29) is 0 Å². The van der Waals surface area contributed by atoms with Gasteiger partial charge in [0.05, 0.1) is 0 Å². The summed E-state index contributed by atoms with van der Waals surface area (Å²) in [7, 11) is 0. The summed E-state index contributed by atoms with van der Waals surface area (Å²) in [5.41, 5.74) is 0. The van der Waals surface area contributed by atoms with Crippen molar-refractivity contribution in [2.24, 2.45) is 23.7 Å². The average Bonchev–Trinajstić information content (AvgIpc) is 2.75. The minimum Gasteiger partial charge on any atom is -0.303 e. The second-order valence-electron chi connectivity index (χ2n) is 9.04. The Morgan fingerprint density at radius 2 is 1.36 bits per heavy atom. The van der Waals surface area contributed by atoms with E-state index in [4.69, 9.17) is 0 Å². The number of likely N-dealkylation sites (tertiary alicyclic amines) is 3. The van der Waals surface area contributed by atoms with Gasteiger partial charge in [-0.25, -0.2) is 0 Å². The largest absolute Gasteiger partial charge is 0.303 e. The van der Waals surface area contributed by atoms with Gasteiger partial charge < -0.3 is 14.7 Å². The lowest BCUT2D eigenvalue weighted by atomic mass is 9.93. The fourth-order valence-electron chi connectivity index (χ4n) is 4.76. The Labute approximate surface area is 138 Å². The molecule has 0 aromatic heterocycles. The molecule has 0 saturated carbocycles. The Morgan fingerprint density at radius 3 is 2.00 bits per heavy atom. The molecule has 0 spiro atoms. The summed E-state index contributed by atoms with van der Waals surface area (Å²) in [6.45, 7) is 20.2. The van der Waals surface area contributed by atoms with Crippen LogP contribution in [0.15, 0.2) is 0 Å². The lowest BCUT2D eigenvalue weighted by molar-refractivity contribution is 0.000904. The molecule has 0 bridgehead atoms. The van der Waals surface area contributed by atoms with Gasteiger partial charge in [0.1, 0.15) is 0 Å². The van der Waals surface area contributed by atoms with E-state index in [1.54, 1.807) is 0 Å². The third-order valence-electron chi connectivity index (χ3n) is 5.96. The Hall–Kier alpha value is -0.120. The third kappa shape index (κ3) is 4.24. The summed E-state index contributed by atoms with van der Waals surface area (Å²) in [4.78, 5) is 8.05. The smallest absolute Gasteiger partial charge is 0.00388 e. The molecule has 22 heavy (non-hydrogen) atoms. The lowest BCUT2D eigenvalue weighted by Crippen LogP contribution is -2.58. The van der Waals surface area contributed by atoms with Gasteiger partial charge in [0, 0.05) is 51.9 Å². The number of hydrogen-bond donors (Lipinski definition) is 0. The van der Waals surface area contributed by atoms with E-state index in [9.17, 15) is 0 Å². The molecule has 3 aliphatic rings. The molecular formula is C19H37N3. The molecule has 3 heteroatoms. The minimum atomic E-state index is 0.745. The first-order chi connectivity index (χ1) is 10.5. The molecule has 0 aromatic carbocycles. The van der Waals surface area contributed by atoms with Crippen molar-refractivity contribution in [2.75, 3.05) is 52.4 Å². The highest BCUT2D eigenvalue weighted by Crippen LogP contribution is 2.27. The van der Waals surface area contributed by atoms with E-state index >= 15 is 0 Å². The molecule has 3 aliphatic heterocycles. The van der Waals surface area contributed by atoms with Crippen LogP contribution in [0.4, 0.5) is 0 Å². The normalized spacial score (nSPS) is 29.5. The maximum atomic E-state index is 2.75. The maximum absolute atomic E-state index is 2.75. The molecule has 3 saturated heterocycles. The van der Waals surface area contributed by atoms with E-state index < -0.39 is 0 Å². The summed E-state index contributed by atoms with van der Waals surface area (Å²) < 4.78 is 0. The van der Waals surface area contributed by atoms with Gasteiger partial charge in [-0.2, -0.15) is 0 Å². The lowest BCUT2D eigenvalue weighted by Gasteiger charge is -2.48. The van der Waals surface area contributed by atoms with Crippen molar-refractivity contribution in [3.63, 3.8) is 0 Å². The van der Waals surface area contributed by atoms with Gasteiger partial charge >= 0.3 is 0 Å². The molecule has 1 unspecified atom stereocenters. The van der Waals surface area contributed by atoms with Crippen molar-refractivity contribution in [2.45, 2.75) is 46.6 Å². The Kier molecular flexibility index (Phi) is 5.47. The highest BCUT2D eigenvalue weighted by Gasteiger charge is 2.35. The summed E-state index contributed by atoms with van der Waals surface area (Å²) in [6.07, 6.45) is 2.88. The summed E-state index contributed by atoms with van der Waals surface area (Å²) in [5.74, 6) is 3.76. The zero-order chi connectivity index (χ0) is 15.7. The van der Waals surface area contributed by atoms with Crippen molar-refractivity contribution >= 4 is 0 Å². The van der Waals surface area contributed by atoms with Gasteiger partial charge in [-0.15, -0.1) is 0 Å². The van der Waals surface area contributed by atoms with Crippen LogP contribution in [0.1, 0.15) is 40.5 Å². The van der Waals surface area contributed by atoms with Crippen molar-refractivity contribution in [3.8, 4) is 0 Å². The molecule has 3 rings (SSSR count). The van der Waals surface area contributed by atoms with Crippen LogP contribution in [-0.2, 0) is 0 Å². The molecule has 0 N–H and O–H groups in total. The van der Waals surface area contributed by atoms with Crippen molar-refractivity contribution < 1.29 is 0 Å². The molecule has 0 amide bonds. The van der Waals surface area contributed by atoms with Gasteiger partial charge in [0.2, 0.25) is 0 Å². The predicted molar refractivity (Wildman–Crippen MR) is 94.1 cm³/mol. The van der Waals surface area contributed by atoms with Crippen LogP contribution < -0.4 is 0 Å². The first-order valence-electron chi connectivity index (χ1n) is 9.68. The molecule has 0 aromatic rings. The van der Waals surface area contributed by atoms with Crippen LogP contribution in [0.3, 0.4) is 0 Å². The van der Waals surface area contributed by atoms with Crippen molar-refractivity contribution in [1.29, 1.82) is 0 Å². The quantitative estimate of drug-likeness (QED) is 0.716. The molecule has 3 heterocycles. The Bertz CT molecular complexity index is 343. The Morgan fingerprint density at radius 1 is 0.773 bits per heavy atom. The first-order valence-corrected chi connectivity index (χ1v) is 9.68. The standard InChI is InChI=1S/C19H37N3/c1-15(2)7-17-5-6-20(8-17)9-18-10-21(11-18)12-19-13-22(14-19)16(3)4/h15-19H,5-14H2,1-4H3. The van der Waals surface area contributed by atoms with Gasteiger partial charge in [-0.1, -0.05) is 13.8 Å². The minimum absolute atomic E-state index is 0.745. The van der Waals surface area contributed by atoms with E-state index in [0.29, 0.717) is 0 Å². The Balaban J connectivity index is 1.26. The fourth-order valence-corrected chi connectivity index (χ4v) is 4.76. The first kappa shape index (κ1) is 16.7. The van der Waals surface area contributed by atoms with E-state index in [1.165, 1.54) is 65.2 Å². The van der Waals surface area contributed by atoms with Gasteiger partial charge in [-0.05, 0) is 56.9 Å². The zero-order valence-corrected chi connectivity index (χ0v) is 15.3. The predicted octanol–water partition coefficient (Wildman–Crippen LogP) is 2.63. The van der Waals surface area contributed by atoms with Crippen molar-refractivity contribution in [3.05, 3.63) is 0 Å². The van der Waals surface area contributed by atoms with Crippen LogP contribution in [0.5, 0.6) is 0 Å². The molecule has 0 aliphatic carbocycles. The summed E-state index contributed by atoms with van der Waals surface area (Å²) in [5, 5.41) is 0. The molecular weight excluding hydrogens is 270 g/mol. The summed E-state index contributed by atoms with van der Waals surface area (Å²) >= 11 is 0. The molecule has 3 nitrogen and oxygen atoms in total. The second-order valence-corrected chi connectivity index (χ2v) is 9.04. The van der Waals surface area contributed by atoms with Crippen LogP contribution in [0.2, 0.25) is 0 Å². The van der Waals surface area contributed by atoms with Gasteiger partial charge in [-0.3, -0.25) is 0 Å². The highest BCUT2D eigenvalue weighted by atomic mass is 15.3. The fraction of sp³-hybridized carbons (Fsp3) is 1.00. The highest BCUT2D eigenvalue weighted by molar-refractivity contribution is 4.90. The number of hydrogen-bond acceptors (Lipinski definition) is 3. The van der Waals surface area contributed by atoms with E-state index in [2.05, 4.69) is 42.4 Å². The van der Waals surface area contributed by atoms with Crippen molar-refractivity contribution in [1.82, 2.24) is 14.7 Å². The summed E-state index contributed by atoms with van der Waals surface area (Å²) in [6, 6.07) is 0.745. The van der Waals surface area contributed by atoms with Crippen LogP contribution in [0, 0.1) is 23.7 Å². The second kappa shape index (κ2) is 7.19. The van der Waals surface area contributed by atoms with E-state index in [1.807, 2.05) is 0 Å². The third-order valence-corrected chi connectivity index (χ3v) is 5.96. The molecule has 3 fully saturated rings. The monoisotopic (exact) mass is 307 g/mol. The topological polar surface area (TPSA) is 9.72 Å². The molecule has 128 valence electrons. The van der Waals surface area contributed by atoms with Gasteiger partial charge in [0.25, 0.3) is 0 Å². The maximum Gasteiger partial charge on any atom is 0.00388 e. The number of rotatable bonds is 7. The van der Waals surface area contributed by atoms with Crippen LogP contribution >= 0.6 is 0 Å². The zero-order valence-electron chi connectivity index (χ0n) is 15.3. The molecule has 0 radical (unpaired) electrons. The van der Waals surface area contributed by atoms with Crippen LogP contribution in [0.25, 0.3) is 0 Å². The molecule has 1 atom stereocenters. The number of nitrogens with zero attached hydrogens (tertiary/aromatic N) is 3. The SMILES string of the molecule is CC(C)CC1CCN(CC2CN(CC3CN(C(C)C)C3)C2)C1. The average molecular weight is 308 g/mol.